The topological polar surface area (TPSA) is 80.9 Å². The number of aromatic nitrogens is 3. The van der Waals surface area contributed by atoms with E-state index in [1.165, 1.54) is 17.4 Å². The molecule has 0 amide bonds. The van der Waals surface area contributed by atoms with Crippen molar-refractivity contribution in [2.45, 2.75) is 20.8 Å². The Balaban J connectivity index is 1.68. The van der Waals surface area contributed by atoms with Crippen LogP contribution in [0.15, 0.2) is 76.1 Å². The number of carbonyl (C=O) groups excluding carboxylic acids is 1. The summed E-state index contributed by atoms with van der Waals surface area (Å²) in [5.74, 6) is 0.571. The fourth-order valence-corrected chi connectivity index (χ4v) is 4.37. The highest BCUT2D eigenvalue weighted by molar-refractivity contribution is 7.07. The molecule has 0 atom stereocenters. The summed E-state index contributed by atoms with van der Waals surface area (Å²) in [4.78, 5) is 27.9. The molecule has 34 heavy (non-hydrogen) atoms. The molecule has 0 bridgehead atoms. The molecule has 7 heteroatoms. The highest BCUT2D eigenvalue weighted by Gasteiger charge is 2.19. The minimum absolute atomic E-state index is 0.0450. The largest absolute Gasteiger partial charge is 0.454 e. The van der Waals surface area contributed by atoms with Crippen LogP contribution >= 0.6 is 11.3 Å². The number of furan rings is 1. The Labute approximate surface area is 199 Å². The van der Waals surface area contributed by atoms with Crippen molar-refractivity contribution in [1.29, 1.82) is 0 Å². The van der Waals surface area contributed by atoms with E-state index in [1.54, 1.807) is 10.8 Å². The van der Waals surface area contributed by atoms with Crippen LogP contribution in [-0.4, -0.2) is 20.5 Å². The first-order valence-electron chi connectivity index (χ1n) is 10.9. The Morgan fingerprint density at radius 3 is 2.56 bits per heavy atom. The fraction of sp³-hybridized carbons (Fsp3) is 0.148. The van der Waals surface area contributed by atoms with E-state index < -0.39 is 5.41 Å². The molecular weight excluding hydrogens is 446 g/mol. The van der Waals surface area contributed by atoms with Gasteiger partial charge >= 0.3 is 0 Å². The molecule has 0 fully saturated rings. The van der Waals surface area contributed by atoms with Crippen molar-refractivity contribution in [1.82, 2.24) is 14.8 Å². The lowest BCUT2D eigenvalue weighted by Gasteiger charge is -2.12. The van der Waals surface area contributed by atoms with Crippen LogP contribution in [0.2, 0.25) is 0 Å². The molecule has 170 valence electrons. The minimum Gasteiger partial charge on any atom is -0.454 e. The molecule has 5 rings (SSSR count). The summed E-state index contributed by atoms with van der Waals surface area (Å²) in [7, 11) is 0. The van der Waals surface area contributed by atoms with Crippen LogP contribution < -0.4 is 14.8 Å². The van der Waals surface area contributed by atoms with E-state index in [2.05, 4.69) is 4.98 Å². The first-order valence-corrected chi connectivity index (χ1v) is 11.7. The number of carbonyl (C=O) groups is 1. The number of ketones is 1. The third-order valence-corrected chi connectivity index (χ3v) is 6.35. The van der Waals surface area contributed by atoms with E-state index in [-0.39, 0.29) is 11.3 Å². The predicted octanol–water partition coefficient (Wildman–Crippen LogP) is 4.26. The molecule has 0 radical (unpaired) electrons. The van der Waals surface area contributed by atoms with E-state index in [4.69, 9.17) is 9.52 Å². The lowest BCUT2D eigenvalue weighted by atomic mass is 9.91. The average Bonchev–Trinajstić information content (AvgIpc) is 3.51. The number of benzene rings is 2. The lowest BCUT2D eigenvalue weighted by Crippen LogP contribution is -2.22. The van der Waals surface area contributed by atoms with E-state index in [0.29, 0.717) is 20.6 Å². The van der Waals surface area contributed by atoms with Gasteiger partial charge < -0.3 is 9.40 Å². The zero-order valence-electron chi connectivity index (χ0n) is 19.0. The summed E-state index contributed by atoms with van der Waals surface area (Å²) in [6.45, 7) is 5.55. The van der Waals surface area contributed by atoms with Crippen LogP contribution in [0.3, 0.4) is 0 Å². The number of thiazole rings is 1. The van der Waals surface area contributed by atoms with Crippen LogP contribution in [-0.2, 0) is 4.79 Å². The van der Waals surface area contributed by atoms with Gasteiger partial charge in [-0.3, -0.25) is 9.59 Å². The third kappa shape index (κ3) is 4.30. The molecule has 3 aromatic heterocycles. The normalized spacial score (nSPS) is 13.1. The van der Waals surface area contributed by atoms with Gasteiger partial charge in [0.05, 0.1) is 14.9 Å². The smallest absolute Gasteiger partial charge is 0.266 e. The first-order chi connectivity index (χ1) is 16.3. The molecule has 0 saturated carbocycles. The van der Waals surface area contributed by atoms with E-state index in [0.717, 1.165) is 22.2 Å². The van der Waals surface area contributed by atoms with Crippen LogP contribution in [0.5, 0.6) is 0 Å². The molecule has 0 aliphatic rings. The van der Waals surface area contributed by atoms with Crippen LogP contribution in [0, 0.1) is 5.41 Å². The zero-order valence-corrected chi connectivity index (χ0v) is 19.8. The second-order valence-electron chi connectivity index (χ2n) is 9.05. The van der Waals surface area contributed by atoms with Crippen LogP contribution in [0.4, 0.5) is 0 Å². The van der Waals surface area contributed by atoms with Crippen molar-refractivity contribution in [2.75, 3.05) is 0 Å². The van der Waals surface area contributed by atoms with Crippen molar-refractivity contribution in [3.63, 3.8) is 0 Å². The van der Waals surface area contributed by atoms with E-state index in [9.17, 15) is 9.59 Å². The Bertz CT molecular complexity index is 1650. The van der Waals surface area contributed by atoms with Gasteiger partial charge in [-0.25, -0.2) is 4.68 Å². The summed E-state index contributed by atoms with van der Waals surface area (Å²) in [5, 5.41) is 5.76. The first kappa shape index (κ1) is 21.9. The molecule has 2 aromatic carbocycles. The van der Waals surface area contributed by atoms with E-state index in [1.807, 2.05) is 87.6 Å². The maximum atomic E-state index is 12.7. The highest BCUT2D eigenvalue weighted by atomic mass is 32.1. The van der Waals surface area contributed by atoms with Crippen LogP contribution in [0.25, 0.3) is 40.3 Å². The Morgan fingerprint density at radius 2 is 1.82 bits per heavy atom. The van der Waals surface area contributed by atoms with Crippen molar-refractivity contribution in [2.24, 2.45) is 5.41 Å². The summed E-state index contributed by atoms with van der Waals surface area (Å²) in [5.41, 5.74) is 2.26. The number of nitrogens with one attached hydrogen (secondary N) is 1. The lowest BCUT2D eigenvalue weighted by molar-refractivity contribution is -0.119. The van der Waals surface area contributed by atoms with Gasteiger partial charge in [0.15, 0.2) is 11.5 Å². The number of rotatable bonds is 4. The summed E-state index contributed by atoms with van der Waals surface area (Å²) >= 11 is 1.25. The molecule has 0 aliphatic heterocycles. The summed E-state index contributed by atoms with van der Waals surface area (Å²) in [6.07, 6.45) is 5.16. The molecular formula is C27H23N3O3S. The minimum atomic E-state index is -0.518. The zero-order chi connectivity index (χ0) is 23.9. The number of hydrogen-bond acceptors (Lipinski definition) is 5. The second kappa shape index (κ2) is 8.43. The molecule has 0 spiro atoms. The van der Waals surface area contributed by atoms with Crippen molar-refractivity contribution in [3.05, 3.63) is 92.0 Å². The van der Waals surface area contributed by atoms with Crippen molar-refractivity contribution in [3.8, 4) is 17.1 Å². The van der Waals surface area contributed by atoms with Gasteiger partial charge in [-0.1, -0.05) is 57.2 Å². The van der Waals surface area contributed by atoms with Crippen molar-refractivity contribution >= 4 is 40.2 Å². The Morgan fingerprint density at radius 1 is 1.09 bits per heavy atom. The fourth-order valence-electron chi connectivity index (χ4n) is 3.50. The monoisotopic (exact) mass is 469 g/mol. The van der Waals surface area contributed by atoms with Gasteiger partial charge in [0.25, 0.3) is 5.56 Å². The van der Waals surface area contributed by atoms with Gasteiger partial charge in [-0.15, -0.1) is 11.3 Å². The highest BCUT2D eigenvalue weighted by Crippen LogP contribution is 2.30. The SMILES string of the molecule is CC(C)(C)C(=O)/C=c1/[nH]c(=O)/c(=C/c2cn(-c3ccccc3)nc2-c2cc3ccccc3o2)s1. The number of H-pyrrole nitrogens is 1. The number of aromatic amines is 1. The number of Topliss-reactive ketones (excluding diaryl/α,β-unsaturated/α-hetero) is 1. The predicted molar refractivity (Wildman–Crippen MR) is 135 cm³/mol. The standard InChI is InChI=1S/C27H23N3O3S/c1-27(2,3)23(31)15-24-28-26(32)22(34-24)14-18-16-30(19-10-5-4-6-11-19)29-25(18)21-13-17-9-7-8-12-20(17)33-21/h4-16H,1-3H3,(H,28,32)/b22-14-,24-15-. The molecule has 0 aliphatic carbocycles. The summed E-state index contributed by atoms with van der Waals surface area (Å²) in [6, 6.07) is 19.5. The van der Waals surface area contributed by atoms with Gasteiger partial charge in [0, 0.05) is 28.6 Å². The average molecular weight is 470 g/mol. The molecule has 0 unspecified atom stereocenters. The Kier molecular flexibility index (Phi) is 5.42. The van der Waals surface area contributed by atoms with Crippen LogP contribution in [0.1, 0.15) is 26.3 Å². The van der Waals surface area contributed by atoms with Gasteiger partial charge in [-0.2, -0.15) is 5.10 Å². The quantitative estimate of drug-likeness (QED) is 0.427. The molecule has 5 aromatic rings. The van der Waals surface area contributed by atoms with Gasteiger partial charge in [0.2, 0.25) is 0 Å². The van der Waals surface area contributed by atoms with Crippen molar-refractivity contribution < 1.29 is 9.21 Å². The Hall–Kier alpha value is -3.97. The maximum absolute atomic E-state index is 12.7. The third-order valence-electron chi connectivity index (χ3n) is 5.39. The number of para-hydroxylation sites is 2. The van der Waals surface area contributed by atoms with Gasteiger partial charge in [0.1, 0.15) is 11.3 Å². The van der Waals surface area contributed by atoms with E-state index >= 15 is 0 Å². The number of nitrogens with zero attached hydrogens (tertiary/aromatic N) is 2. The molecule has 6 nitrogen and oxygen atoms in total. The second-order valence-corrected chi connectivity index (χ2v) is 10.1. The van der Waals surface area contributed by atoms with Gasteiger partial charge in [-0.05, 0) is 30.3 Å². The molecule has 0 saturated heterocycles. The molecule has 3 heterocycles. The number of fused-ring (bicyclic) bond motifs is 1. The maximum Gasteiger partial charge on any atom is 0.266 e. The number of hydrogen-bond donors (Lipinski definition) is 1. The summed E-state index contributed by atoms with van der Waals surface area (Å²) < 4.78 is 8.86. The molecule has 1 N–H and O–H groups in total.